The molecule has 0 nitrogen and oxygen atoms in total. The van der Waals surface area contributed by atoms with Crippen molar-refractivity contribution in [3.8, 4) is 22.3 Å². The van der Waals surface area contributed by atoms with Crippen LogP contribution in [-0.2, 0) is 37.0 Å². The monoisotopic (exact) mass is 726 g/mol. The van der Waals surface area contributed by atoms with Crippen LogP contribution in [0.25, 0.3) is 43.8 Å². The third-order valence-electron chi connectivity index (χ3n) is 8.98. The molecule has 0 spiro atoms. The molecule has 0 bridgehead atoms. The van der Waals surface area contributed by atoms with Crippen LogP contribution >= 0.6 is 0 Å². The standard InChI is InChI=1S/2C22H25.C2H6Si.Zr/c2*1-15(2)18-10-6-7-11-19(18)20-12-8-9-16-13-17(14-21(16)20)22(3,4)5;1-3-2;/h2*6-15H,1-5H3;1-2H3;/q2*-1;;+2. The summed E-state index contributed by atoms with van der Waals surface area (Å²) in [5, 5.41) is 5.45. The summed E-state index contributed by atoms with van der Waals surface area (Å²) >= 11 is 0. The van der Waals surface area contributed by atoms with Crippen LogP contribution in [-0.4, -0.2) is 9.52 Å². The van der Waals surface area contributed by atoms with Crippen molar-refractivity contribution in [1.29, 1.82) is 0 Å². The molecule has 6 aromatic rings. The van der Waals surface area contributed by atoms with Crippen LogP contribution in [0.15, 0.2) is 109 Å². The Bertz CT molecular complexity index is 1760. The van der Waals surface area contributed by atoms with Crippen molar-refractivity contribution in [1.82, 2.24) is 0 Å². The molecular formula is C46H56SiZr. The number of hydrogen-bond acceptors (Lipinski definition) is 0. The quantitative estimate of drug-likeness (QED) is 0.125. The molecule has 2 radical (unpaired) electrons. The molecule has 48 heavy (non-hydrogen) atoms. The van der Waals surface area contributed by atoms with Crippen molar-refractivity contribution < 1.29 is 26.2 Å². The van der Waals surface area contributed by atoms with Gasteiger partial charge in [-0.15, -0.1) is 69.1 Å². The van der Waals surface area contributed by atoms with Gasteiger partial charge in [-0.05, 0) is 44.9 Å². The van der Waals surface area contributed by atoms with E-state index in [4.69, 9.17) is 0 Å². The normalized spacial score (nSPS) is 11.6. The van der Waals surface area contributed by atoms with Crippen LogP contribution in [0.1, 0.15) is 103 Å². The molecule has 0 saturated heterocycles. The average Bonchev–Trinajstić information content (AvgIpc) is 3.67. The minimum Gasteiger partial charge on any atom is -0.164 e. The van der Waals surface area contributed by atoms with E-state index in [-0.39, 0.29) is 37.0 Å². The largest absolute Gasteiger partial charge is 2.00 e. The Morgan fingerprint density at radius 1 is 0.479 bits per heavy atom. The Morgan fingerprint density at radius 3 is 1.10 bits per heavy atom. The molecule has 2 heteroatoms. The van der Waals surface area contributed by atoms with Crippen molar-refractivity contribution in [2.24, 2.45) is 0 Å². The molecule has 0 amide bonds. The predicted octanol–water partition coefficient (Wildman–Crippen LogP) is 14.1. The molecule has 0 atom stereocenters. The summed E-state index contributed by atoms with van der Waals surface area (Å²) in [7, 11) is 1.08. The van der Waals surface area contributed by atoms with E-state index < -0.39 is 0 Å². The van der Waals surface area contributed by atoms with Crippen molar-refractivity contribution in [2.75, 3.05) is 0 Å². The van der Waals surface area contributed by atoms with E-state index >= 15 is 0 Å². The zero-order chi connectivity index (χ0) is 34.5. The summed E-state index contributed by atoms with van der Waals surface area (Å²) in [4.78, 5) is 0. The first-order chi connectivity index (χ1) is 22.2. The van der Waals surface area contributed by atoms with Crippen LogP contribution in [0.2, 0.25) is 13.1 Å². The Kier molecular flexibility index (Phi) is 13.8. The summed E-state index contributed by atoms with van der Waals surface area (Å²) in [5.74, 6) is 1.06. The van der Waals surface area contributed by atoms with E-state index in [0.717, 1.165) is 9.52 Å². The van der Waals surface area contributed by atoms with Crippen LogP contribution in [0, 0.1) is 0 Å². The number of fused-ring (bicyclic) bond motifs is 2. The minimum absolute atomic E-state index is 0. The maximum atomic E-state index is 2.38. The van der Waals surface area contributed by atoms with Gasteiger partial charge in [-0.25, -0.2) is 0 Å². The second-order valence-corrected chi connectivity index (χ2v) is 16.6. The number of hydrogen-bond donors (Lipinski definition) is 0. The molecule has 0 aliphatic heterocycles. The topological polar surface area (TPSA) is 0 Å². The zero-order valence-corrected chi connectivity index (χ0v) is 35.0. The van der Waals surface area contributed by atoms with E-state index in [2.05, 4.69) is 192 Å². The third kappa shape index (κ3) is 9.25. The average molecular weight is 728 g/mol. The van der Waals surface area contributed by atoms with Gasteiger partial charge in [-0.3, -0.25) is 0 Å². The maximum Gasteiger partial charge on any atom is 2.00 e. The molecule has 0 saturated carbocycles. The summed E-state index contributed by atoms with van der Waals surface area (Å²) < 4.78 is 0. The minimum atomic E-state index is 0. The Balaban J connectivity index is 0.000000236. The van der Waals surface area contributed by atoms with Crippen molar-refractivity contribution in [2.45, 2.75) is 105 Å². The summed E-state index contributed by atoms with van der Waals surface area (Å²) in [6.45, 7) is 27.1. The predicted molar refractivity (Wildman–Crippen MR) is 213 cm³/mol. The number of rotatable bonds is 4. The molecule has 0 heterocycles. The fourth-order valence-corrected chi connectivity index (χ4v) is 6.30. The molecule has 0 aromatic heterocycles. The van der Waals surface area contributed by atoms with Gasteiger partial charge in [0.15, 0.2) is 0 Å². The van der Waals surface area contributed by atoms with Gasteiger partial charge in [0.25, 0.3) is 0 Å². The molecule has 0 N–H and O–H groups in total. The van der Waals surface area contributed by atoms with Crippen molar-refractivity contribution in [3.63, 3.8) is 0 Å². The van der Waals surface area contributed by atoms with Gasteiger partial charge in [-0.2, -0.15) is 12.1 Å². The fourth-order valence-electron chi connectivity index (χ4n) is 6.30. The van der Waals surface area contributed by atoms with E-state index in [0.29, 0.717) is 11.8 Å². The Labute approximate surface area is 314 Å². The van der Waals surface area contributed by atoms with E-state index in [9.17, 15) is 0 Å². The van der Waals surface area contributed by atoms with E-state index in [1.807, 2.05) is 0 Å². The first-order valence-corrected chi connectivity index (χ1v) is 19.3. The van der Waals surface area contributed by atoms with Gasteiger partial charge < -0.3 is 0 Å². The van der Waals surface area contributed by atoms with Gasteiger partial charge in [0, 0.05) is 9.52 Å². The van der Waals surface area contributed by atoms with E-state index in [1.54, 1.807) is 0 Å². The molecule has 0 aliphatic rings. The molecule has 6 aromatic carbocycles. The Morgan fingerprint density at radius 2 is 0.792 bits per heavy atom. The number of benzene rings is 4. The maximum absolute atomic E-state index is 2.38. The third-order valence-corrected chi connectivity index (χ3v) is 8.98. The SMILES string of the molecule is CC(C)c1ccccc1-c1cccc2[cH-]c(C(C)(C)C)cc12.CC(C)c1ccccc1-c1cccc2[cH-]c(C(C)(C)C)cc12.C[Si]C.[Zr+2]. The van der Waals surface area contributed by atoms with Gasteiger partial charge >= 0.3 is 26.2 Å². The molecule has 248 valence electrons. The Hall–Kier alpha value is -2.80. The van der Waals surface area contributed by atoms with Gasteiger partial charge in [-0.1, -0.05) is 154 Å². The summed E-state index contributed by atoms with van der Waals surface area (Å²) in [5.41, 5.74) is 11.5. The van der Waals surface area contributed by atoms with Crippen LogP contribution in [0.5, 0.6) is 0 Å². The summed E-state index contributed by atoms with van der Waals surface area (Å²) in [6.07, 6.45) is 0. The summed E-state index contributed by atoms with van der Waals surface area (Å²) in [6, 6.07) is 40.4. The molecule has 0 aliphatic carbocycles. The second-order valence-electron chi connectivity index (χ2n) is 15.6. The van der Waals surface area contributed by atoms with Crippen molar-refractivity contribution in [3.05, 3.63) is 131 Å². The van der Waals surface area contributed by atoms with Gasteiger partial charge in [0.05, 0.1) is 0 Å². The molecular weight excluding hydrogens is 672 g/mol. The van der Waals surface area contributed by atoms with Gasteiger partial charge in [0.1, 0.15) is 0 Å². The first-order valence-electron chi connectivity index (χ1n) is 17.3. The van der Waals surface area contributed by atoms with Crippen LogP contribution in [0.3, 0.4) is 0 Å². The zero-order valence-electron chi connectivity index (χ0n) is 31.5. The van der Waals surface area contributed by atoms with Crippen LogP contribution in [0.4, 0.5) is 0 Å². The smallest absolute Gasteiger partial charge is 0.164 e. The molecule has 0 fully saturated rings. The second kappa shape index (κ2) is 16.7. The van der Waals surface area contributed by atoms with Gasteiger partial charge in [0.2, 0.25) is 0 Å². The van der Waals surface area contributed by atoms with Crippen LogP contribution < -0.4 is 0 Å². The van der Waals surface area contributed by atoms with E-state index in [1.165, 1.54) is 66.1 Å². The molecule has 6 rings (SSSR count). The van der Waals surface area contributed by atoms with Crippen molar-refractivity contribution >= 4 is 31.1 Å². The first kappa shape index (κ1) is 39.6. The molecule has 0 unspecified atom stereocenters. The fraction of sp³-hybridized carbons (Fsp3) is 0.348.